The number of hydrogen-bond donors (Lipinski definition) is 1. The molecule has 1 aliphatic carbocycles. The van der Waals surface area contributed by atoms with Crippen LogP contribution in [-0.4, -0.2) is 28.8 Å². The second-order valence-corrected chi connectivity index (χ2v) is 6.76. The number of halogens is 3. The van der Waals surface area contributed by atoms with E-state index in [1.807, 2.05) is 0 Å². The standard InChI is InChI=1S/C15H17F3N2O3S/c16-15(17,18)10-2-1-3-11(8-10)19-14(21)9-24-13-6-4-12(5-7-13)20(22)23/h4-7,10-11H,1-3,8-9H2,(H,19,21). The predicted molar refractivity (Wildman–Crippen MR) is 83.8 cm³/mol. The molecular formula is C15H17F3N2O3S. The van der Waals surface area contributed by atoms with Crippen molar-refractivity contribution in [1.82, 2.24) is 5.32 Å². The highest BCUT2D eigenvalue weighted by Crippen LogP contribution is 2.37. The molecule has 132 valence electrons. The van der Waals surface area contributed by atoms with Crippen LogP contribution in [0.4, 0.5) is 18.9 Å². The molecule has 0 heterocycles. The van der Waals surface area contributed by atoms with E-state index >= 15 is 0 Å². The zero-order valence-electron chi connectivity index (χ0n) is 12.7. The molecular weight excluding hydrogens is 345 g/mol. The number of alkyl halides is 3. The Morgan fingerprint density at radius 3 is 2.54 bits per heavy atom. The second kappa shape index (κ2) is 7.87. The van der Waals surface area contributed by atoms with Crippen molar-refractivity contribution < 1.29 is 22.9 Å². The fourth-order valence-corrected chi connectivity index (χ4v) is 3.41. The maximum absolute atomic E-state index is 12.7. The number of nitrogens with zero attached hydrogens (tertiary/aromatic N) is 1. The van der Waals surface area contributed by atoms with Crippen LogP contribution in [0, 0.1) is 16.0 Å². The molecule has 2 atom stereocenters. The van der Waals surface area contributed by atoms with Crippen molar-refractivity contribution >= 4 is 23.4 Å². The Kier molecular flexibility index (Phi) is 6.09. The number of rotatable bonds is 5. The molecule has 0 bridgehead atoms. The lowest BCUT2D eigenvalue weighted by atomic mass is 9.85. The number of thioether (sulfide) groups is 1. The minimum atomic E-state index is -4.21. The van der Waals surface area contributed by atoms with Gasteiger partial charge in [0.1, 0.15) is 0 Å². The van der Waals surface area contributed by atoms with E-state index < -0.39 is 23.1 Å². The molecule has 0 aliphatic heterocycles. The zero-order valence-corrected chi connectivity index (χ0v) is 13.5. The molecule has 2 unspecified atom stereocenters. The van der Waals surface area contributed by atoms with Gasteiger partial charge >= 0.3 is 6.18 Å². The lowest BCUT2D eigenvalue weighted by molar-refractivity contribution is -0.384. The molecule has 0 spiro atoms. The average Bonchev–Trinajstić information content (AvgIpc) is 2.53. The number of carbonyl (C=O) groups excluding carboxylic acids is 1. The maximum Gasteiger partial charge on any atom is 0.391 e. The molecule has 0 saturated heterocycles. The lowest BCUT2D eigenvalue weighted by Crippen LogP contribution is -2.42. The topological polar surface area (TPSA) is 72.2 Å². The van der Waals surface area contributed by atoms with Crippen LogP contribution in [0.25, 0.3) is 0 Å². The summed E-state index contributed by atoms with van der Waals surface area (Å²) in [5.41, 5.74) is -0.0378. The van der Waals surface area contributed by atoms with Crippen molar-refractivity contribution in [3.05, 3.63) is 34.4 Å². The van der Waals surface area contributed by atoms with Gasteiger partial charge < -0.3 is 5.32 Å². The minimum absolute atomic E-state index is 0.0378. The van der Waals surface area contributed by atoms with Crippen LogP contribution < -0.4 is 5.32 Å². The molecule has 1 fully saturated rings. The number of non-ortho nitro benzene ring substituents is 1. The molecule has 9 heteroatoms. The summed E-state index contributed by atoms with van der Waals surface area (Å²) in [5, 5.41) is 13.2. The van der Waals surface area contributed by atoms with Gasteiger partial charge in [-0.15, -0.1) is 11.8 Å². The summed E-state index contributed by atoms with van der Waals surface area (Å²) < 4.78 is 38.2. The maximum atomic E-state index is 12.7. The quantitative estimate of drug-likeness (QED) is 0.489. The van der Waals surface area contributed by atoms with Crippen LogP contribution in [0.1, 0.15) is 25.7 Å². The molecule has 1 N–H and O–H groups in total. The summed E-state index contributed by atoms with van der Waals surface area (Å²) >= 11 is 1.19. The van der Waals surface area contributed by atoms with Crippen LogP contribution in [0.3, 0.4) is 0 Å². The Bertz CT molecular complexity index is 593. The third-order valence-electron chi connectivity index (χ3n) is 3.92. The monoisotopic (exact) mass is 362 g/mol. The first-order valence-corrected chi connectivity index (χ1v) is 8.47. The van der Waals surface area contributed by atoms with Crippen LogP contribution in [0.2, 0.25) is 0 Å². The van der Waals surface area contributed by atoms with E-state index in [1.165, 1.54) is 36.0 Å². The van der Waals surface area contributed by atoms with Crippen molar-refractivity contribution in [3.63, 3.8) is 0 Å². The Hall–Kier alpha value is -1.77. The largest absolute Gasteiger partial charge is 0.391 e. The van der Waals surface area contributed by atoms with Crippen LogP contribution in [0.5, 0.6) is 0 Å². The first kappa shape index (κ1) is 18.6. The summed E-state index contributed by atoms with van der Waals surface area (Å²) in [5.74, 6) is -1.62. The zero-order chi connectivity index (χ0) is 17.7. The van der Waals surface area contributed by atoms with Gasteiger partial charge in [0, 0.05) is 23.1 Å². The molecule has 0 radical (unpaired) electrons. The van der Waals surface area contributed by atoms with Gasteiger partial charge in [0.2, 0.25) is 5.91 Å². The Morgan fingerprint density at radius 2 is 1.96 bits per heavy atom. The van der Waals surface area contributed by atoms with E-state index in [-0.39, 0.29) is 30.2 Å². The second-order valence-electron chi connectivity index (χ2n) is 5.71. The summed E-state index contributed by atoms with van der Waals surface area (Å²) in [6, 6.07) is 5.31. The lowest BCUT2D eigenvalue weighted by Gasteiger charge is -2.31. The number of nitro groups is 1. The van der Waals surface area contributed by atoms with Crippen molar-refractivity contribution in [1.29, 1.82) is 0 Å². The molecule has 1 aromatic rings. The number of amides is 1. The van der Waals surface area contributed by atoms with E-state index in [4.69, 9.17) is 0 Å². The molecule has 0 aromatic heterocycles. The highest BCUT2D eigenvalue weighted by atomic mass is 32.2. The van der Waals surface area contributed by atoms with Gasteiger partial charge in [0.15, 0.2) is 0 Å². The molecule has 1 aromatic carbocycles. The number of carbonyl (C=O) groups is 1. The van der Waals surface area contributed by atoms with Gasteiger partial charge in [-0.05, 0) is 31.4 Å². The molecule has 1 saturated carbocycles. The van der Waals surface area contributed by atoms with Gasteiger partial charge in [0.05, 0.1) is 16.6 Å². The Balaban J connectivity index is 1.79. The van der Waals surface area contributed by atoms with Crippen molar-refractivity contribution in [3.8, 4) is 0 Å². The SMILES string of the molecule is O=C(CSc1ccc([N+](=O)[O-])cc1)NC1CCCC(C(F)(F)F)C1. The van der Waals surface area contributed by atoms with Crippen LogP contribution in [-0.2, 0) is 4.79 Å². The van der Waals surface area contributed by atoms with E-state index in [9.17, 15) is 28.1 Å². The van der Waals surface area contributed by atoms with Gasteiger partial charge in [-0.1, -0.05) is 6.42 Å². The van der Waals surface area contributed by atoms with E-state index in [2.05, 4.69) is 5.32 Å². The summed E-state index contributed by atoms with van der Waals surface area (Å²) in [7, 11) is 0. The fraction of sp³-hybridized carbons (Fsp3) is 0.533. The van der Waals surface area contributed by atoms with Crippen molar-refractivity contribution in [2.75, 3.05) is 5.75 Å². The van der Waals surface area contributed by atoms with Crippen molar-refractivity contribution in [2.45, 2.75) is 42.8 Å². The van der Waals surface area contributed by atoms with Crippen molar-refractivity contribution in [2.24, 2.45) is 5.92 Å². The molecule has 1 aliphatic rings. The normalized spacial score (nSPS) is 21.3. The molecule has 2 rings (SSSR count). The number of nitrogens with one attached hydrogen (secondary N) is 1. The fourth-order valence-electron chi connectivity index (χ4n) is 2.70. The van der Waals surface area contributed by atoms with Gasteiger partial charge in [0.25, 0.3) is 5.69 Å². The smallest absolute Gasteiger partial charge is 0.353 e. The number of hydrogen-bond acceptors (Lipinski definition) is 4. The van der Waals surface area contributed by atoms with Crippen LogP contribution >= 0.6 is 11.8 Å². The number of nitro benzene ring substituents is 1. The molecule has 24 heavy (non-hydrogen) atoms. The van der Waals surface area contributed by atoms with E-state index in [1.54, 1.807) is 0 Å². The van der Waals surface area contributed by atoms with E-state index in [0.29, 0.717) is 17.7 Å². The third-order valence-corrected chi connectivity index (χ3v) is 4.93. The predicted octanol–water partition coefficient (Wildman–Crippen LogP) is 3.92. The Labute approximate surface area is 141 Å². The number of benzene rings is 1. The Morgan fingerprint density at radius 1 is 1.29 bits per heavy atom. The van der Waals surface area contributed by atoms with Gasteiger partial charge in [-0.2, -0.15) is 13.2 Å². The average molecular weight is 362 g/mol. The van der Waals surface area contributed by atoms with Gasteiger partial charge in [-0.25, -0.2) is 0 Å². The summed E-state index contributed by atoms with van der Waals surface area (Å²) in [4.78, 5) is 22.6. The first-order valence-electron chi connectivity index (χ1n) is 7.49. The highest BCUT2D eigenvalue weighted by Gasteiger charge is 2.42. The third kappa shape index (κ3) is 5.40. The first-order chi connectivity index (χ1) is 11.3. The molecule has 5 nitrogen and oxygen atoms in total. The minimum Gasteiger partial charge on any atom is -0.353 e. The van der Waals surface area contributed by atoms with E-state index in [0.717, 1.165) is 0 Å². The summed E-state index contributed by atoms with van der Waals surface area (Å²) in [6.07, 6.45) is -3.16. The van der Waals surface area contributed by atoms with Gasteiger partial charge in [-0.3, -0.25) is 14.9 Å². The summed E-state index contributed by atoms with van der Waals surface area (Å²) in [6.45, 7) is 0. The van der Waals surface area contributed by atoms with Crippen LogP contribution in [0.15, 0.2) is 29.2 Å². The molecule has 1 amide bonds. The highest BCUT2D eigenvalue weighted by molar-refractivity contribution is 8.00.